The summed E-state index contributed by atoms with van der Waals surface area (Å²) >= 11 is 13.4. The van der Waals surface area contributed by atoms with E-state index in [9.17, 15) is 9.59 Å². The maximum absolute atomic E-state index is 13.4. The molecule has 0 fully saturated rings. The minimum absolute atomic E-state index is 0.121. The highest BCUT2D eigenvalue weighted by Gasteiger charge is 2.29. The number of halogens is 2. The van der Waals surface area contributed by atoms with Gasteiger partial charge in [-0.1, -0.05) is 65.7 Å². The van der Waals surface area contributed by atoms with Crippen LogP contribution in [-0.2, 0) is 22.6 Å². The number of carbonyl (C=O) groups excluding carboxylic acids is 2. The van der Waals surface area contributed by atoms with Crippen molar-refractivity contribution in [2.75, 3.05) is 12.8 Å². The Balaban J connectivity index is 1.85. The van der Waals surface area contributed by atoms with Gasteiger partial charge in [0.2, 0.25) is 11.8 Å². The van der Waals surface area contributed by atoms with Crippen molar-refractivity contribution >= 4 is 46.8 Å². The van der Waals surface area contributed by atoms with Crippen LogP contribution in [0.1, 0.15) is 11.1 Å². The predicted molar refractivity (Wildman–Crippen MR) is 132 cm³/mol. The molecule has 0 aliphatic carbocycles. The summed E-state index contributed by atoms with van der Waals surface area (Å²) in [6, 6.07) is 23.7. The lowest BCUT2D eigenvalue weighted by atomic mass is 10.0. The molecule has 0 spiro atoms. The number of hydrogen-bond donors (Lipinski definition) is 1. The molecule has 0 bridgehead atoms. The van der Waals surface area contributed by atoms with E-state index in [0.29, 0.717) is 23.0 Å². The minimum Gasteiger partial charge on any atom is -0.357 e. The molecule has 0 unspecified atom stereocenters. The van der Waals surface area contributed by atoms with Gasteiger partial charge in [-0.3, -0.25) is 9.59 Å². The lowest BCUT2D eigenvalue weighted by Crippen LogP contribution is -2.50. The first-order valence-corrected chi connectivity index (χ1v) is 11.9. The van der Waals surface area contributed by atoms with E-state index in [1.165, 1.54) is 11.8 Å². The van der Waals surface area contributed by atoms with E-state index in [1.807, 2.05) is 54.6 Å². The van der Waals surface area contributed by atoms with Gasteiger partial charge in [0.1, 0.15) is 6.04 Å². The molecule has 0 aromatic heterocycles. The summed E-state index contributed by atoms with van der Waals surface area (Å²) < 4.78 is 0. The molecule has 2 amide bonds. The molecule has 0 aliphatic rings. The summed E-state index contributed by atoms with van der Waals surface area (Å²) in [5.74, 6) is -0.116. The predicted octanol–water partition coefficient (Wildman–Crippen LogP) is 5.47. The van der Waals surface area contributed by atoms with Crippen molar-refractivity contribution in [2.45, 2.75) is 23.9 Å². The first-order valence-electron chi connectivity index (χ1n) is 10.1. The standard InChI is InChI=1S/C25H24Cl2N2O2S/c1-28-25(31)23(15-18-5-3-2-4-6-18)29(16-19-7-9-20(26)10-8-19)24(30)17-32-22-13-11-21(27)12-14-22/h2-14,23H,15-17H2,1H3,(H,28,31)/t23-/m1/s1. The molecule has 0 aliphatic heterocycles. The number of amides is 2. The lowest BCUT2D eigenvalue weighted by Gasteiger charge is -2.31. The van der Waals surface area contributed by atoms with Crippen molar-refractivity contribution in [1.82, 2.24) is 10.2 Å². The van der Waals surface area contributed by atoms with Gasteiger partial charge in [-0.25, -0.2) is 0 Å². The maximum atomic E-state index is 13.4. The summed E-state index contributed by atoms with van der Waals surface area (Å²) in [6.45, 7) is 0.308. The van der Waals surface area contributed by atoms with Crippen LogP contribution in [0, 0.1) is 0 Å². The van der Waals surface area contributed by atoms with Gasteiger partial charge >= 0.3 is 0 Å². The van der Waals surface area contributed by atoms with Crippen LogP contribution in [0.5, 0.6) is 0 Å². The van der Waals surface area contributed by atoms with Crippen LogP contribution in [-0.4, -0.2) is 35.6 Å². The fraction of sp³-hybridized carbons (Fsp3) is 0.200. The summed E-state index contributed by atoms with van der Waals surface area (Å²) in [4.78, 5) is 28.8. The monoisotopic (exact) mass is 486 g/mol. The minimum atomic E-state index is -0.642. The van der Waals surface area contributed by atoms with Crippen molar-refractivity contribution in [2.24, 2.45) is 0 Å². The molecule has 0 saturated heterocycles. The van der Waals surface area contributed by atoms with Crippen molar-refractivity contribution in [3.05, 3.63) is 100 Å². The summed E-state index contributed by atoms with van der Waals surface area (Å²) in [6.07, 6.45) is 0.422. The van der Waals surface area contributed by atoms with Crippen LogP contribution in [0.2, 0.25) is 10.0 Å². The topological polar surface area (TPSA) is 49.4 Å². The Morgan fingerprint density at radius 2 is 1.47 bits per heavy atom. The highest BCUT2D eigenvalue weighted by atomic mass is 35.5. The fourth-order valence-electron chi connectivity index (χ4n) is 3.27. The third-order valence-corrected chi connectivity index (χ3v) is 6.46. The Morgan fingerprint density at radius 1 is 0.875 bits per heavy atom. The molecule has 0 saturated carbocycles. The van der Waals surface area contributed by atoms with E-state index in [0.717, 1.165) is 16.0 Å². The van der Waals surface area contributed by atoms with E-state index in [4.69, 9.17) is 23.2 Å². The van der Waals surface area contributed by atoms with Crippen molar-refractivity contribution in [3.63, 3.8) is 0 Å². The van der Waals surface area contributed by atoms with E-state index in [2.05, 4.69) is 5.32 Å². The summed E-state index contributed by atoms with van der Waals surface area (Å²) in [7, 11) is 1.59. The Bertz CT molecular complexity index is 1030. The highest BCUT2D eigenvalue weighted by molar-refractivity contribution is 8.00. The number of rotatable bonds is 9. The van der Waals surface area contributed by atoms with Gasteiger partial charge in [0.15, 0.2) is 0 Å². The second-order valence-corrected chi connectivity index (χ2v) is 9.13. The number of benzene rings is 3. The van der Waals surface area contributed by atoms with Crippen LogP contribution in [0.25, 0.3) is 0 Å². The largest absolute Gasteiger partial charge is 0.357 e. The van der Waals surface area contributed by atoms with E-state index >= 15 is 0 Å². The zero-order valence-corrected chi connectivity index (χ0v) is 20.0. The van der Waals surface area contributed by atoms with E-state index in [-0.39, 0.29) is 17.6 Å². The number of hydrogen-bond acceptors (Lipinski definition) is 3. The lowest BCUT2D eigenvalue weighted by molar-refractivity contribution is -0.139. The summed E-state index contributed by atoms with van der Waals surface area (Å²) in [5, 5.41) is 3.99. The van der Waals surface area contributed by atoms with Crippen molar-refractivity contribution < 1.29 is 9.59 Å². The zero-order chi connectivity index (χ0) is 22.9. The molecule has 1 atom stereocenters. The molecule has 166 valence electrons. The molecule has 3 aromatic rings. The third-order valence-electron chi connectivity index (χ3n) is 4.96. The first kappa shape index (κ1) is 24.2. The molecular formula is C25H24Cl2N2O2S. The van der Waals surface area contributed by atoms with E-state index in [1.54, 1.807) is 36.2 Å². The Labute approximate surface area is 202 Å². The molecule has 1 N–H and O–H groups in total. The maximum Gasteiger partial charge on any atom is 0.242 e. The molecule has 3 rings (SSSR count). The van der Waals surface area contributed by atoms with Crippen LogP contribution in [0.15, 0.2) is 83.8 Å². The zero-order valence-electron chi connectivity index (χ0n) is 17.6. The average molecular weight is 487 g/mol. The molecular weight excluding hydrogens is 463 g/mol. The molecule has 32 heavy (non-hydrogen) atoms. The van der Waals surface area contributed by atoms with Crippen molar-refractivity contribution in [1.29, 1.82) is 0 Å². The molecule has 7 heteroatoms. The number of carbonyl (C=O) groups is 2. The van der Waals surface area contributed by atoms with E-state index < -0.39 is 6.04 Å². The van der Waals surface area contributed by atoms with Crippen LogP contribution < -0.4 is 5.32 Å². The summed E-state index contributed by atoms with van der Waals surface area (Å²) in [5.41, 5.74) is 1.89. The number of thioether (sulfide) groups is 1. The Kier molecular flexibility index (Phi) is 9.03. The highest BCUT2D eigenvalue weighted by Crippen LogP contribution is 2.23. The van der Waals surface area contributed by atoms with Gasteiger partial charge < -0.3 is 10.2 Å². The normalized spacial score (nSPS) is 11.6. The molecule has 0 heterocycles. The number of nitrogens with one attached hydrogen (secondary N) is 1. The van der Waals surface area contributed by atoms with Gasteiger partial charge in [0, 0.05) is 35.0 Å². The SMILES string of the molecule is CNC(=O)[C@@H](Cc1ccccc1)N(Cc1ccc(Cl)cc1)C(=O)CSc1ccc(Cl)cc1. The van der Waals surface area contributed by atoms with Crippen molar-refractivity contribution in [3.8, 4) is 0 Å². The molecule has 4 nitrogen and oxygen atoms in total. The van der Waals surface area contributed by atoms with Gasteiger partial charge in [-0.05, 0) is 47.5 Å². The molecule has 3 aromatic carbocycles. The molecule has 0 radical (unpaired) electrons. The average Bonchev–Trinajstić information content (AvgIpc) is 2.82. The smallest absolute Gasteiger partial charge is 0.242 e. The van der Waals surface area contributed by atoms with Gasteiger partial charge in [0.25, 0.3) is 0 Å². The van der Waals surface area contributed by atoms with Gasteiger partial charge in [-0.2, -0.15) is 0 Å². The number of nitrogens with zero attached hydrogens (tertiary/aromatic N) is 1. The Morgan fingerprint density at radius 3 is 2.06 bits per heavy atom. The van der Waals surface area contributed by atoms with Gasteiger partial charge in [-0.15, -0.1) is 11.8 Å². The quantitative estimate of drug-likeness (QED) is 0.407. The van der Waals surface area contributed by atoms with Crippen LogP contribution in [0.3, 0.4) is 0 Å². The van der Waals surface area contributed by atoms with Gasteiger partial charge in [0.05, 0.1) is 5.75 Å². The van der Waals surface area contributed by atoms with Crippen LogP contribution >= 0.6 is 35.0 Å². The third kappa shape index (κ3) is 7.02. The van der Waals surface area contributed by atoms with Crippen LogP contribution in [0.4, 0.5) is 0 Å². The fourth-order valence-corrected chi connectivity index (χ4v) is 4.30. The number of likely N-dealkylation sites (N-methyl/N-ethyl adjacent to an activating group) is 1. The first-order chi connectivity index (χ1) is 15.5. The second-order valence-electron chi connectivity index (χ2n) is 7.21. The Hall–Kier alpha value is -2.47. The second kappa shape index (κ2) is 12.0.